The molecule has 0 spiro atoms. The number of carbonyl (C=O) groups excluding carboxylic acids is 1. The van der Waals surface area contributed by atoms with Crippen LogP contribution >= 0.6 is 15.9 Å². The summed E-state index contributed by atoms with van der Waals surface area (Å²) in [5.74, 6) is 1.00. The van der Waals surface area contributed by atoms with Crippen LogP contribution in [0.3, 0.4) is 0 Å². The average Bonchev–Trinajstić information content (AvgIpc) is 3.10. The van der Waals surface area contributed by atoms with E-state index in [0.717, 1.165) is 21.3 Å². The number of hydrogen-bond donors (Lipinski definition) is 1. The van der Waals surface area contributed by atoms with E-state index in [2.05, 4.69) is 36.8 Å². The first-order valence-corrected chi connectivity index (χ1v) is 8.83. The molecule has 2 aromatic carbocycles. The first-order chi connectivity index (χ1) is 12.5. The highest BCUT2D eigenvalue weighted by atomic mass is 79.9. The third-order valence-corrected chi connectivity index (χ3v) is 4.49. The van der Waals surface area contributed by atoms with Crippen LogP contribution in [0.5, 0.6) is 5.75 Å². The highest BCUT2D eigenvalue weighted by Crippen LogP contribution is 2.20. The molecule has 1 amide bonds. The summed E-state index contributed by atoms with van der Waals surface area (Å²) >= 11 is 3.39. The lowest BCUT2D eigenvalue weighted by Gasteiger charge is -2.11. The summed E-state index contributed by atoms with van der Waals surface area (Å²) in [6, 6.07) is 13.3. The van der Waals surface area contributed by atoms with Gasteiger partial charge >= 0.3 is 0 Å². The number of ether oxygens (including phenoxy) is 1. The van der Waals surface area contributed by atoms with Gasteiger partial charge in [-0.25, -0.2) is 0 Å². The van der Waals surface area contributed by atoms with Gasteiger partial charge in [0, 0.05) is 4.47 Å². The van der Waals surface area contributed by atoms with Crippen LogP contribution < -0.4 is 10.1 Å². The Balaban J connectivity index is 1.58. The van der Waals surface area contributed by atoms with E-state index < -0.39 is 0 Å². The molecule has 0 saturated heterocycles. The molecule has 1 N–H and O–H groups in total. The zero-order valence-corrected chi connectivity index (χ0v) is 16.0. The summed E-state index contributed by atoms with van der Waals surface area (Å²) in [6.07, 6.45) is 0. The molecular formula is C18H18BrN5O2. The number of amides is 1. The fourth-order valence-electron chi connectivity index (χ4n) is 2.35. The van der Waals surface area contributed by atoms with Crippen molar-refractivity contribution in [3.8, 4) is 11.4 Å². The number of benzene rings is 2. The Morgan fingerprint density at radius 3 is 2.73 bits per heavy atom. The van der Waals surface area contributed by atoms with E-state index in [-0.39, 0.29) is 19.1 Å². The second kappa shape index (κ2) is 8.09. The van der Waals surface area contributed by atoms with E-state index in [1.165, 1.54) is 0 Å². The monoisotopic (exact) mass is 415 g/mol. The molecule has 3 aromatic rings. The Labute approximate surface area is 159 Å². The first kappa shape index (κ1) is 18.1. The van der Waals surface area contributed by atoms with Crippen molar-refractivity contribution in [3.05, 3.63) is 63.9 Å². The molecule has 3 rings (SSSR count). The maximum Gasteiger partial charge on any atom is 0.258 e. The lowest BCUT2D eigenvalue weighted by molar-refractivity contribution is -0.123. The predicted molar refractivity (Wildman–Crippen MR) is 100 cm³/mol. The van der Waals surface area contributed by atoms with Crippen molar-refractivity contribution in [2.75, 3.05) is 6.61 Å². The van der Waals surface area contributed by atoms with E-state index in [9.17, 15) is 4.79 Å². The Hall–Kier alpha value is -2.74. The third kappa shape index (κ3) is 4.26. The Kier molecular flexibility index (Phi) is 5.62. The first-order valence-electron chi connectivity index (χ1n) is 8.03. The molecule has 26 heavy (non-hydrogen) atoms. The molecule has 0 aliphatic rings. The van der Waals surface area contributed by atoms with Gasteiger partial charge in [-0.05, 0) is 65.7 Å². The zero-order valence-electron chi connectivity index (χ0n) is 14.4. The number of nitrogens with zero attached hydrogens (tertiary/aromatic N) is 4. The Morgan fingerprint density at radius 1 is 1.19 bits per heavy atom. The summed E-state index contributed by atoms with van der Waals surface area (Å²) in [5, 5.41) is 14.4. The molecule has 8 heteroatoms. The van der Waals surface area contributed by atoms with Crippen LogP contribution in [0.25, 0.3) is 5.69 Å². The van der Waals surface area contributed by atoms with E-state index >= 15 is 0 Å². The van der Waals surface area contributed by atoms with E-state index in [0.29, 0.717) is 11.6 Å². The van der Waals surface area contributed by atoms with E-state index in [4.69, 9.17) is 4.74 Å². The van der Waals surface area contributed by atoms with Gasteiger partial charge in [0.1, 0.15) is 5.75 Å². The largest absolute Gasteiger partial charge is 0.483 e. The van der Waals surface area contributed by atoms with Crippen LogP contribution in [0.4, 0.5) is 0 Å². The predicted octanol–water partition coefficient (Wildman–Crippen LogP) is 2.74. The lowest BCUT2D eigenvalue weighted by atomic mass is 10.1. The normalized spacial score (nSPS) is 10.6. The molecule has 0 aliphatic heterocycles. The quantitative estimate of drug-likeness (QED) is 0.669. The minimum atomic E-state index is -0.240. The minimum absolute atomic E-state index is 0.0653. The topological polar surface area (TPSA) is 81.9 Å². The van der Waals surface area contributed by atoms with Gasteiger partial charge in [0.25, 0.3) is 5.91 Å². The van der Waals surface area contributed by atoms with E-state index in [1.54, 1.807) is 4.68 Å². The van der Waals surface area contributed by atoms with Gasteiger partial charge in [-0.15, -0.1) is 5.10 Å². The van der Waals surface area contributed by atoms with Gasteiger partial charge in [-0.3, -0.25) is 4.79 Å². The van der Waals surface area contributed by atoms with Crippen LogP contribution in [-0.2, 0) is 11.3 Å². The number of rotatable bonds is 6. The summed E-state index contributed by atoms with van der Waals surface area (Å²) < 4.78 is 8.15. The zero-order chi connectivity index (χ0) is 18.5. The summed E-state index contributed by atoms with van der Waals surface area (Å²) in [4.78, 5) is 12.1. The molecule has 134 valence electrons. The number of hydrogen-bond acceptors (Lipinski definition) is 5. The molecule has 0 radical (unpaired) electrons. The lowest BCUT2D eigenvalue weighted by Crippen LogP contribution is -2.29. The number of nitrogens with one attached hydrogen (secondary N) is 1. The molecule has 0 atom stereocenters. The molecule has 0 saturated carbocycles. The van der Waals surface area contributed by atoms with Crippen molar-refractivity contribution in [1.29, 1.82) is 0 Å². The average molecular weight is 416 g/mol. The smallest absolute Gasteiger partial charge is 0.258 e. The number of tetrazole rings is 1. The van der Waals surface area contributed by atoms with Crippen LogP contribution in [-0.4, -0.2) is 32.7 Å². The van der Waals surface area contributed by atoms with Crippen LogP contribution in [0, 0.1) is 13.8 Å². The fourth-order valence-corrected chi connectivity index (χ4v) is 2.62. The highest BCUT2D eigenvalue weighted by Gasteiger charge is 2.11. The molecule has 1 heterocycles. The summed E-state index contributed by atoms with van der Waals surface area (Å²) in [6.45, 7) is 4.11. The third-order valence-electron chi connectivity index (χ3n) is 3.96. The number of aryl methyl sites for hydroxylation is 1. The molecule has 0 fully saturated rings. The highest BCUT2D eigenvalue weighted by molar-refractivity contribution is 9.10. The molecule has 7 nitrogen and oxygen atoms in total. The standard InChI is InChI=1S/C18H18BrN5O2/c1-12-4-3-5-16(13(12)2)26-11-18(25)20-10-17-21-22-23-24(17)15-8-6-14(19)7-9-15/h3-9H,10-11H2,1-2H3,(H,20,25). The van der Waals surface area contributed by atoms with Crippen LogP contribution in [0.15, 0.2) is 46.9 Å². The Bertz CT molecular complexity index is 908. The van der Waals surface area contributed by atoms with Crippen molar-refractivity contribution < 1.29 is 9.53 Å². The van der Waals surface area contributed by atoms with Crippen molar-refractivity contribution in [1.82, 2.24) is 25.5 Å². The van der Waals surface area contributed by atoms with E-state index in [1.807, 2.05) is 56.3 Å². The van der Waals surface area contributed by atoms with Gasteiger partial charge in [0.2, 0.25) is 0 Å². The molecular weight excluding hydrogens is 398 g/mol. The van der Waals surface area contributed by atoms with Crippen molar-refractivity contribution in [2.24, 2.45) is 0 Å². The van der Waals surface area contributed by atoms with Gasteiger partial charge in [0.05, 0.1) is 12.2 Å². The molecule has 0 bridgehead atoms. The van der Waals surface area contributed by atoms with Gasteiger partial charge in [0.15, 0.2) is 12.4 Å². The summed E-state index contributed by atoms with van der Waals surface area (Å²) in [5.41, 5.74) is 2.96. The molecule has 0 unspecified atom stereocenters. The van der Waals surface area contributed by atoms with Gasteiger partial charge in [-0.2, -0.15) is 4.68 Å². The van der Waals surface area contributed by atoms with Gasteiger partial charge < -0.3 is 10.1 Å². The maximum absolute atomic E-state index is 12.1. The molecule has 1 aromatic heterocycles. The molecule has 0 aliphatic carbocycles. The SMILES string of the molecule is Cc1cccc(OCC(=O)NCc2nnnn2-c2ccc(Br)cc2)c1C. The number of aromatic nitrogens is 4. The second-order valence-corrected chi connectivity index (χ2v) is 6.66. The van der Waals surface area contributed by atoms with Crippen LogP contribution in [0.1, 0.15) is 17.0 Å². The fraction of sp³-hybridized carbons (Fsp3) is 0.222. The number of carbonyl (C=O) groups is 1. The van der Waals surface area contributed by atoms with Crippen LogP contribution in [0.2, 0.25) is 0 Å². The van der Waals surface area contributed by atoms with Gasteiger partial charge in [-0.1, -0.05) is 28.1 Å². The minimum Gasteiger partial charge on any atom is -0.483 e. The summed E-state index contributed by atoms with van der Waals surface area (Å²) in [7, 11) is 0. The van der Waals surface area contributed by atoms with Crippen molar-refractivity contribution in [2.45, 2.75) is 20.4 Å². The van der Waals surface area contributed by atoms with Crippen molar-refractivity contribution >= 4 is 21.8 Å². The maximum atomic E-state index is 12.1. The second-order valence-electron chi connectivity index (χ2n) is 5.75. The van der Waals surface area contributed by atoms with Crippen molar-refractivity contribution in [3.63, 3.8) is 0 Å². The number of halogens is 1. The Morgan fingerprint density at radius 2 is 1.96 bits per heavy atom.